The fraction of sp³-hybridized carbons (Fsp3) is 0.500. The third-order valence-corrected chi connectivity index (χ3v) is 3.60. The Morgan fingerprint density at radius 3 is 2.42 bits per heavy atom. The molecule has 0 unspecified atom stereocenters. The second-order valence-corrected chi connectivity index (χ2v) is 4.83. The number of hydrogen-bond donors (Lipinski definition) is 1. The zero-order chi connectivity index (χ0) is 13.8. The molecule has 0 aromatic heterocycles. The van der Waals surface area contributed by atoms with Crippen LogP contribution in [0, 0.1) is 11.8 Å². The molecule has 1 fully saturated rings. The Hall–Kier alpha value is -1.91. The SMILES string of the molecule is C=CCNC(=O)CCN1C(=O)[C@H]2CC=CC[C@H]2C1=O. The lowest BCUT2D eigenvalue weighted by Gasteiger charge is -2.14. The molecule has 1 saturated heterocycles. The first-order chi connectivity index (χ1) is 9.15. The van der Waals surface area contributed by atoms with Gasteiger partial charge in [0.25, 0.3) is 0 Å². The van der Waals surface area contributed by atoms with Gasteiger partial charge in [0.1, 0.15) is 0 Å². The summed E-state index contributed by atoms with van der Waals surface area (Å²) in [7, 11) is 0. The van der Waals surface area contributed by atoms with Gasteiger partial charge in [0.05, 0.1) is 11.8 Å². The van der Waals surface area contributed by atoms with Crippen LogP contribution in [0.5, 0.6) is 0 Å². The average Bonchev–Trinajstić information content (AvgIpc) is 2.67. The number of hydrogen-bond acceptors (Lipinski definition) is 3. The minimum atomic E-state index is -0.214. The van der Waals surface area contributed by atoms with Gasteiger partial charge < -0.3 is 5.32 Å². The summed E-state index contributed by atoms with van der Waals surface area (Å²) in [5, 5.41) is 2.63. The van der Waals surface area contributed by atoms with E-state index in [-0.39, 0.29) is 42.5 Å². The number of likely N-dealkylation sites (tertiary alicyclic amines) is 1. The molecule has 5 heteroatoms. The molecule has 1 aliphatic carbocycles. The Balaban J connectivity index is 1.91. The molecule has 0 radical (unpaired) electrons. The number of imide groups is 1. The number of nitrogens with zero attached hydrogens (tertiary/aromatic N) is 1. The van der Waals surface area contributed by atoms with Crippen molar-refractivity contribution in [2.45, 2.75) is 19.3 Å². The Morgan fingerprint density at radius 1 is 1.32 bits per heavy atom. The van der Waals surface area contributed by atoms with Crippen molar-refractivity contribution in [1.29, 1.82) is 0 Å². The largest absolute Gasteiger partial charge is 0.353 e. The van der Waals surface area contributed by atoms with Crippen LogP contribution >= 0.6 is 0 Å². The molecule has 19 heavy (non-hydrogen) atoms. The second kappa shape index (κ2) is 5.82. The number of amides is 3. The van der Waals surface area contributed by atoms with Crippen LogP contribution in [0.1, 0.15) is 19.3 Å². The van der Waals surface area contributed by atoms with Gasteiger partial charge in [-0.25, -0.2) is 0 Å². The standard InChI is InChI=1S/C14H18N2O3/c1-2-8-15-12(17)7-9-16-13(18)10-5-3-4-6-11(10)14(16)19/h2-4,10-11H,1,5-9H2,(H,15,17)/t10-,11+. The quantitative estimate of drug-likeness (QED) is 0.584. The minimum absolute atomic E-state index is 0.129. The van der Waals surface area contributed by atoms with E-state index in [1.165, 1.54) is 4.90 Å². The van der Waals surface area contributed by atoms with E-state index in [1.54, 1.807) is 6.08 Å². The molecule has 0 bridgehead atoms. The molecule has 102 valence electrons. The van der Waals surface area contributed by atoms with Gasteiger partial charge in [-0.3, -0.25) is 19.3 Å². The van der Waals surface area contributed by atoms with Crippen LogP contribution in [-0.4, -0.2) is 35.7 Å². The fourth-order valence-corrected chi connectivity index (χ4v) is 2.58. The van der Waals surface area contributed by atoms with Crippen molar-refractivity contribution in [1.82, 2.24) is 10.2 Å². The number of allylic oxidation sites excluding steroid dienone is 2. The summed E-state index contributed by atoms with van der Waals surface area (Å²) in [5.74, 6) is -0.859. The molecule has 5 nitrogen and oxygen atoms in total. The van der Waals surface area contributed by atoms with E-state index in [4.69, 9.17) is 0 Å². The van der Waals surface area contributed by atoms with Crippen LogP contribution in [-0.2, 0) is 14.4 Å². The lowest BCUT2D eigenvalue weighted by atomic mass is 9.85. The van der Waals surface area contributed by atoms with Crippen molar-refractivity contribution < 1.29 is 14.4 Å². The number of fused-ring (bicyclic) bond motifs is 1. The van der Waals surface area contributed by atoms with Crippen molar-refractivity contribution >= 4 is 17.7 Å². The van der Waals surface area contributed by atoms with Crippen LogP contribution in [0.4, 0.5) is 0 Å². The normalized spacial score (nSPS) is 25.4. The third-order valence-electron chi connectivity index (χ3n) is 3.60. The topological polar surface area (TPSA) is 66.5 Å². The van der Waals surface area contributed by atoms with E-state index in [0.717, 1.165) is 0 Å². The first-order valence-electron chi connectivity index (χ1n) is 6.53. The highest BCUT2D eigenvalue weighted by Gasteiger charge is 2.46. The molecule has 0 saturated carbocycles. The van der Waals surface area contributed by atoms with Crippen LogP contribution in [0.3, 0.4) is 0 Å². The Kier molecular flexibility index (Phi) is 4.14. The first kappa shape index (κ1) is 13.5. The maximum absolute atomic E-state index is 12.1. The van der Waals surface area contributed by atoms with Crippen molar-refractivity contribution in [3.05, 3.63) is 24.8 Å². The third kappa shape index (κ3) is 2.75. The highest BCUT2D eigenvalue weighted by molar-refractivity contribution is 6.05. The molecule has 1 heterocycles. The van der Waals surface area contributed by atoms with Crippen LogP contribution in [0.2, 0.25) is 0 Å². The number of rotatable bonds is 5. The molecule has 3 amide bonds. The summed E-state index contributed by atoms with van der Waals surface area (Å²) >= 11 is 0. The fourth-order valence-electron chi connectivity index (χ4n) is 2.58. The number of carbonyl (C=O) groups is 3. The summed E-state index contributed by atoms with van der Waals surface area (Å²) < 4.78 is 0. The Labute approximate surface area is 112 Å². The number of carbonyl (C=O) groups excluding carboxylic acids is 3. The second-order valence-electron chi connectivity index (χ2n) is 4.83. The summed E-state index contributed by atoms with van der Waals surface area (Å²) in [6.45, 7) is 4.08. The highest BCUT2D eigenvalue weighted by atomic mass is 16.2. The summed E-state index contributed by atoms with van der Waals surface area (Å²) in [4.78, 5) is 36.9. The van der Waals surface area contributed by atoms with Crippen molar-refractivity contribution in [2.24, 2.45) is 11.8 Å². The van der Waals surface area contributed by atoms with Crippen molar-refractivity contribution in [3.63, 3.8) is 0 Å². The molecule has 2 rings (SSSR count). The first-order valence-corrected chi connectivity index (χ1v) is 6.53. The van der Waals surface area contributed by atoms with Crippen molar-refractivity contribution in [2.75, 3.05) is 13.1 Å². The van der Waals surface area contributed by atoms with E-state index in [9.17, 15) is 14.4 Å². The van der Waals surface area contributed by atoms with E-state index in [0.29, 0.717) is 19.4 Å². The molecule has 2 aliphatic rings. The molecule has 1 aliphatic heterocycles. The van der Waals surface area contributed by atoms with Gasteiger partial charge in [0, 0.05) is 19.5 Å². The zero-order valence-electron chi connectivity index (χ0n) is 10.8. The molecular weight excluding hydrogens is 244 g/mol. The van der Waals surface area contributed by atoms with Crippen LogP contribution < -0.4 is 5.32 Å². The summed E-state index contributed by atoms with van der Waals surface area (Å²) in [6.07, 6.45) is 6.91. The zero-order valence-corrected chi connectivity index (χ0v) is 10.8. The van der Waals surface area contributed by atoms with Gasteiger partial charge in [-0.15, -0.1) is 6.58 Å². The Bertz CT molecular complexity index is 416. The van der Waals surface area contributed by atoms with E-state index in [1.807, 2.05) is 12.2 Å². The summed E-state index contributed by atoms with van der Waals surface area (Å²) in [6, 6.07) is 0. The molecule has 0 aromatic carbocycles. The lowest BCUT2D eigenvalue weighted by Crippen LogP contribution is -2.35. The van der Waals surface area contributed by atoms with Gasteiger partial charge in [0.15, 0.2) is 0 Å². The van der Waals surface area contributed by atoms with Gasteiger partial charge in [-0.2, -0.15) is 0 Å². The van der Waals surface area contributed by atoms with Crippen LogP contribution in [0.25, 0.3) is 0 Å². The molecule has 0 aromatic rings. The van der Waals surface area contributed by atoms with Gasteiger partial charge >= 0.3 is 0 Å². The lowest BCUT2D eigenvalue weighted by molar-refractivity contribution is -0.140. The predicted molar refractivity (Wildman–Crippen MR) is 69.9 cm³/mol. The highest BCUT2D eigenvalue weighted by Crippen LogP contribution is 2.34. The van der Waals surface area contributed by atoms with Crippen molar-refractivity contribution in [3.8, 4) is 0 Å². The van der Waals surface area contributed by atoms with Crippen LogP contribution in [0.15, 0.2) is 24.8 Å². The maximum atomic E-state index is 12.1. The van der Waals surface area contributed by atoms with E-state index in [2.05, 4.69) is 11.9 Å². The molecule has 1 N–H and O–H groups in total. The smallest absolute Gasteiger partial charge is 0.233 e. The Morgan fingerprint density at radius 2 is 1.89 bits per heavy atom. The molecular formula is C14H18N2O3. The summed E-state index contributed by atoms with van der Waals surface area (Å²) in [5.41, 5.74) is 0. The van der Waals surface area contributed by atoms with Gasteiger partial charge in [0.2, 0.25) is 17.7 Å². The minimum Gasteiger partial charge on any atom is -0.353 e. The average molecular weight is 262 g/mol. The maximum Gasteiger partial charge on any atom is 0.233 e. The van der Waals surface area contributed by atoms with Gasteiger partial charge in [-0.1, -0.05) is 18.2 Å². The number of nitrogens with one attached hydrogen (secondary N) is 1. The monoisotopic (exact) mass is 262 g/mol. The molecule has 0 spiro atoms. The predicted octanol–water partition coefficient (Wildman–Crippen LogP) is 0.630. The van der Waals surface area contributed by atoms with Gasteiger partial charge in [-0.05, 0) is 12.8 Å². The van der Waals surface area contributed by atoms with E-state index >= 15 is 0 Å². The molecule has 2 atom stereocenters. The van der Waals surface area contributed by atoms with E-state index < -0.39 is 0 Å².